The summed E-state index contributed by atoms with van der Waals surface area (Å²) in [5.74, 6) is -3.34. The van der Waals surface area contributed by atoms with E-state index in [9.17, 15) is 22.4 Å². The average molecular weight is 308 g/mol. The van der Waals surface area contributed by atoms with Gasteiger partial charge in [0.05, 0.1) is 6.67 Å². The van der Waals surface area contributed by atoms with Crippen molar-refractivity contribution in [3.05, 3.63) is 35.9 Å². The Hall–Kier alpha value is -1.04. The smallest absolute Gasteiger partial charge is 0.278 e. The molecule has 1 nitrogen and oxygen atoms in total. The Labute approximate surface area is 119 Å². The lowest BCUT2D eigenvalue weighted by Gasteiger charge is -2.19. The van der Waals surface area contributed by atoms with E-state index in [0.717, 1.165) is 11.8 Å². The van der Waals surface area contributed by atoms with Crippen LogP contribution in [0.15, 0.2) is 30.3 Å². The van der Waals surface area contributed by atoms with Crippen LogP contribution in [-0.4, -0.2) is 29.6 Å². The summed E-state index contributed by atoms with van der Waals surface area (Å²) in [4.78, 5) is 11.7. The second kappa shape index (κ2) is 8.29. The minimum absolute atomic E-state index is 0.00292. The highest BCUT2D eigenvalue weighted by molar-refractivity contribution is 8.14. The molecule has 0 N–H and O–H groups in total. The fourth-order valence-electron chi connectivity index (χ4n) is 1.59. The predicted molar refractivity (Wildman–Crippen MR) is 72.9 cm³/mol. The van der Waals surface area contributed by atoms with Crippen LogP contribution in [0.5, 0.6) is 0 Å². The molecular formula is C14H16F4OS. The summed E-state index contributed by atoms with van der Waals surface area (Å²) in [7, 11) is 0. The standard InChI is InChI=1S/C14H16F4OS/c15-9-7-12(16)14(17,18)8-4-10-20-13(19)11-5-2-1-3-6-11/h1-3,5-6,12H,4,7-10H2. The summed E-state index contributed by atoms with van der Waals surface area (Å²) in [6.45, 7) is -1.10. The maximum Gasteiger partial charge on any atom is 0.278 e. The molecule has 0 aliphatic rings. The van der Waals surface area contributed by atoms with Crippen molar-refractivity contribution in [1.82, 2.24) is 0 Å². The zero-order valence-corrected chi connectivity index (χ0v) is 11.6. The number of hydrogen-bond donors (Lipinski definition) is 0. The summed E-state index contributed by atoms with van der Waals surface area (Å²) in [5.41, 5.74) is 0.505. The van der Waals surface area contributed by atoms with Gasteiger partial charge in [-0.25, -0.2) is 13.2 Å². The summed E-state index contributed by atoms with van der Waals surface area (Å²) in [6, 6.07) is 8.49. The Morgan fingerprint density at radius 1 is 1.25 bits per heavy atom. The molecule has 6 heteroatoms. The molecule has 0 aromatic heterocycles. The number of hydrogen-bond acceptors (Lipinski definition) is 2. The third-order valence-electron chi connectivity index (χ3n) is 2.72. The fourth-order valence-corrected chi connectivity index (χ4v) is 2.37. The average Bonchev–Trinajstić information content (AvgIpc) is 2.44. The Balaban J connectivity index is 2.29. The molecule has 0 spiro atoms. The molecule has 20 heavy (non-hydrogen) atoms. The number of rotatable bonds is 8. The van der Waals surface area contributed by atoms with Crippen molar-refractivity contribution < 1.29 is 22.4 Å². The SMILES string of the molecule is O=C(SCCCC(F)(F)C(F)CCF)c1ccccc1. The molecule has 0 saturated carbocycles. The van der Waals surface area contributed by atoms with Crippen LogP contribution >= 0.6 is 11.8 Å². The van der Waals surface area contributed by atoms with Gasteiger partial charge >= 0.3 is 0 Å². The monoisotopic (exact) mass is 308 g/mol. The third-order valence-corrected chi connectivity index (χ3v) is 3.71. The normalized spacial score (nSPS) is 13.2. The molecule has 0 fully saturated rings. The Morgan fingerprint density at radius 3 is 2.50 bits per heavy atom. The third kappa shape index (κ3) is 5.53. The first kappa shape index (κ1) is 17.0. The van der Waals surface area contributed by atoms with Crippen LogP contribution in [0, 0.1) is 0 Å². The summed E-state index contributed by atoms with van der Waals surface area (Å²) < 4.78 is 51.2. The number of alkyl halides is 4. The van der Waals surface area contributed by atoms with E-state index in [1.54, 1.807) is 30.3 Å². The van der Waals surface area contributed by atoms with E-state index in [1.807, 2.05) is 0 Å². The summed E-state index contributed by atoms with van der Waals surface area (Å²) in [6.07, 6.45) is -3.92. The minimum Gasteiger partial charge on any atom is -0.282 e. The zero-order valence-electron chi connectivity index (χ0n) is 10.8. The van der Waals surface area contributed by atoms with Crippen LogP contribution in [0.4, 0.5) is 17.6 Å². The maximum absolute atomic E-state index is 13.2. The van der Waals surface area contributed by atoms with E-state index < -0.39 is 31.6 Å². The van der Waals surface area contributed by atoms with Crippen LogP contribution in [0.1, 0.15) is 29.6 Å². The van der Waals surface area contributed by atoms with Crippen molar-refractivity contribution >= 4 is 16.9 Å². The highest BCUT2D eigenvalue weighted by Gasteiger charge is 2.38. The lowest BCUT2D eigenvalue weighted by molar-refractivity contribution is -0.0826. The molecule has 0 aliphatic carbocycles. The van der Waals surface area contributed by atoms with Crippen molar-refractivity contribution in [2.45, 2.75) is 31.4 Å². The van der Waals surface area contributed by atoms with Crippen molar-refractivity contribution in [2.75, 3.05) is 12.4 Å². The number of halogens is 4. The highest BCUT2D eigenvalue weighted by atomic mass is 32.2. The summed E-state index contributed by atoms with van der Waals surface area (Å²) in [5, 5.41) is -0.200. The van der Waals surface area contributed by atoms with Crippen LogP contribution in [0.25, 0.3) is 0 Å². The van der Waals surface area contributed by atoms with E-state index in [2.05, 4.69) is 0 Å². The van der Waals surface area contributed by atoms with Gasteiger partial charge < -0.3 is 0 Å². The van der Waals surface area contributed by atoms with Gasteiger partial charge in [0.2, 0.25) is 5.12 Å². The topological polar surface area (TPSA) is 17.1 Å². The molecule has 0 aliphatic heterocycles. The number of thioether (sulfide) groups is 1. The minimum atomic E-state index is -3.53. The van der Waals surface area contributed by atoms with E-state index in [1.165, 1.54) is 0 Å². The van der Waals surface area contributed by atoms with E-state index in [0.29, 0.717) is 5.56 Å². The van der Waals surface area contributed by atoms with Crippen molar-refractivity contribution in [3.63, 3.8) is 0 Å². The van der Waals surface area contributed by atoms with Crippen LogP contribution in [-0.2, 0) is 0 Å². The van der Waals surface area contributed by atoms with Crippen LogP contribution in [0.3, 0.4) is 0 Å². The predicted octanol–water partition coefficient (Wildman–Crippen LogP) is 4.67. The molecule has 0 amide bonds. The first-order valence-corrected chi connectivity index (χ1v) is 7.26. The quantitative estimate of drug-likeness (QED) is 0.512. The van der Waals surface area contributed by atoms with Crippen LogP contribution < -0.4 is 0 Å². The largest absolute Gasteiger partial charge is 0.282 e. The van der Waals surface area contributed by atoms with Gasteiger partial charge in [0.1, 0.15) is 0 Å². The van der Waals surface area contributed by atoms with Crippen molar-refractivity contribution in [3.8, 4) is 0 Å². The second-order valence-corrected chi connectivity index (χ2v) is 5.38. The molecule has 1 unspecified atom stereocenters. The van der Waals surface area contributed by atoms with E-state index in [4.69, 9.17) is 0 Å². The van der Waals surface area contributed by atoms with Gasteiger partial charge in [0.15, 0.2) is 6.17 Å². The van der Waals surface area contributed by atoms with E-state index >= 15 is 0 Å². The number of carbonyl (C=O) groups is 1. The molecular weight excluding hydrogens is 292 g/mol. The first-order chi connectivity index (χ1) is 9.47. The van der Waals surface area contributed by atoms with Gasteiger partial charge in [-0.2, -0.15) is 0 Å². The lowest BCUT2D eigenvalue weighted by atomic mass is 10.1. The molecule has 0 bridgehead atoms. The zero-order chi connectivity index (χ0) is 15.0. The Kier molecular flexibility index (Phi) is 7.05. The first-order valence-electron chi connectivity index (χ1n) is 6.27. The van der Waals surface area contributed by atoms with Gasteiger partial charge in [-0.15, -0.1) is 0 Å². The Morgan fingerprint density at radius 2 is 1.90 bits per heavy atom. The van der Waals surface area contributed by atoms with Crippen molar-refractivity contribution in [2.24, 2.45) is 0 Å². The lowest BCUT2D eigenvalue weighted by Crippen LogP contribution is -2.30. The van der Waals surface area contributed by atoms with Gasteiger partial charge in [-0.3, -0.25) is 9.18 Å². The van der Waals surface area contributed by atoms with Gasteiger partial charge in [0, 0.05) is 24.2 Å². The number of carbonyl (C=O) groups excluding carboxylic acids is 1. The van der Waals surface area contributed by atoms with Gasteiger partial charge in [-0.1, -0.05) is 42.1 Å². The van der Waals surface area contributed by atoms with E-state index in [-0.39, 0.29) is 17.3 Å². The Bertz CT molecular complexity index is 411. The molecule has 0 saturated heterocycles. The van der Waals surface area contributed by atoms with Gasteiger partial charge in [-0.05, 0) is 6.42 Å². The summed E-state index contributed by atoms with van der Waals surface area (Å²) >= 11 is 0.927. The molecule has 1 rings (SSSR count). The molecule has 1 aromatic rings. The van der Waals surface area contributed by atoms with Gasteiger partial charge in [0.25, 0.3) is 5.92 Å². The van der Waals surface area contributed by atoms with Crippen molar-refractivity contribution in [1.29, 1.82) is 0 Å². The maximum atomic E-state index is 13.2. The molecule has 1 atom stereocenters. The molecule has 0 heterocycles. The second-order valence-electron chi connectivity index (χ2n) is 4.31. The number of benzene rings is 1. The molecule has 0 radical (unpaired) electrons. The molecule has 1 aromatic carbocycles. The highest BCUT2D eigenvalue weighted by Crippen LogP contribution is 2.30. The fraction of sp³-hybridized carbons (Fsp3) is 0.500. The van der Waals surface area contributed by atoms with Crippen LogP contribution in [0.2, 0.25) is 0 Å². The molecule has 112 valence electrons.